The molecule has 0 aliphatic carbocycles. The minimum atomic E-state index is -4.71. The van der Waals surface area contributed by atoms with E-state index in [9.17, 15) is 28.0 Å². The zero-order valence-electron chi connectivity index (χ0n) is 15.9. The van der Waals surface area contributed by atoms with Gasteiger partial charge in [-0.15, -0.1) is 0 Å². The highest BCUT2D eigenvalue weighted by Gasteiger charge is 2.33. The van der Waals surface area contributed by atoms with E-state index in [0.29, 0.717) is 17.4 Å². The van der Waals surface area contributed by atoms with Crippen LogP contribution in [0.25, 0.3) is 17.4 Å². The topological polar surface area (TPSA) is 103 Å². The van der Waals surface area contributed by atoms with Gasteiger partial charge in [-0.2, -0.15) is 18.4 Å². The maximum absolute atomic E-state index is 13.0. The van der Waals surface area contributed by atoms with Gasteiger partial charge in [-0.1, -0.05) is 23.7 Å². The second-order valence-corrected chi connectivity index (χ2v) is 6.81. The van der Waals surface area contributed by atoms with Gasteiger partial charge < -0.3 is 14.8 Å². The smallest absolute Gasteiger partial charge is 0.417 e. The Morgan fingerprint density at radius 3 is 2.38 bits per heavy atom. The number of anilines is 1. The Morgan fingerprint density at radius 1 is 1.09 bits per heavy atom. The molecule has 0 fully saturated rings. The van der Waals surface area contributed by atoms with Crippen LogP contribution in [0.15, 0.2) is 64.6 Å². The van der Waals surface area contributed by atoms with E-state index in [4.69, 9.17) is 21.1 Å². The van der Waals surface area contributed by atoms with E-state index in [1.165, 1.54) is 36.4 Å². The number of carbonyl (C=O) groups is 2. The van der Waals surface area contributed by atoms with Gasteiger partial charge in [0.15, 0.2) is 0 Å². The highest BCUT2D eigenvalue weighted by atomic mass is 35.5. The summed E-state index contributed by atoms with van der Waals surface area (Å²) in [5.74, 6) is -1.52. The average molecular weight is 461 g/mol. The number of nitriles is 1. The minimum Gasteiger partial charge on any atom is -0.478 e. The Morgan fingerprint density at radius 2 is 1.78 bits per heavy atom. The van der Waals surface area contributed by atoms with E-state index in [1.54, 1.807) is 12.1 Å². The number of rotatable bonds is 5. The number of hydrogen-bond donors (Lipinski definition) is 2. The van der Waals surface area contributed by atoms with Crippen LogP contribution in [0.4, 0.5) is 18.9 Å². The number of halogens is 4. The van der Waals surface area contributed by atoms with Crippen LogP contribution in [0, 0.1) is 11.3 Å². The first-order valence-electron chi connectivity index (χ1n) is 8.82. The van der Waals surface area contributed by atoms with Crippen molar-refractivity contribution in [2.75, 3.05) is 5.32 Å². The first-order valence-corrected chi connectivity index (χ1v) is 9.20. The molecule has 0 aliphatic rings. The molecule has 32 heavy (non-hydrogen) atoms. The van der Waals surface area contributed by atoms with Gasteiger partial charge in [-0.05, 0) is 42.5 Å². The predicted octanol–water partition coefficient (Wildman–Crippen LogP) is 5.86. The van der Waals surface area contributed by atoms with Crippen molar-refractivity contribution in [2.24, 2.45) is 0 Å². The van der Waals surface area contributed by atoms with Crippen molar-refractivity contribution in [1.82, 2.24) is 0 Å². The van der Waals surface area contributed by atoms with Crippen LogP contribution in [-0.2, 0) is 11.0 Å². The molecule has 3 rings (SSSR count). The highest BCUT2D eigenvalue weighted by molar-refractivity contribution is 6.31. The Labute approximate surface area is 184 Å². The van der Waals surface area contributed by atoms with Crippen molar-refractivity contribution < 1.29 is 32.3 Å². The third kappa shape index (κ3) is 5.17. The van der Waals surface area contributed by atoms with Gasteiger partial charge in [0.05, 0.1) is 16.1 Å². The normalized spacial score (nSPS) is 11.7. The van der Waals surface area contributed by atoms with Gasteiger partial charge >= 0.3 is 12.1 Å². The molecule has 6 nitrogen and oxygen atoms in total. The van der Waals surface area contributed by atoms with Crippen LogP contribution in [0.3, 0.4) is 0 Å². The largest absolute Gasteiger partial charge is 0.478 e. The number of hydrogen-bond acceptors (Lipinski definition) is 4. The van der Waals surface area contributed by atoms with Crippen molar-refractivity contribution in [1.29, 1.82) is 5.26 Å². The number of nitrogens with one attached hydrogen (secondary N) is 1. The number of nitrogens with zero attached hydrogens (tertiary/aromatic N) is 1. The first kappa shape index (κ1) is 22.7. The molecule has 0 spiro atoms. The summed E-state index contributed by atoms with van der Waals surface area (Å²) in [6.45, 7) is 0. The molecule has 162 valence electrons. The van der Waals surface area contributed by atoms with Gasteiger partial charge in [-0.3, -0.25) is 4.79 Å². The zero-order valence-corrected chi connectivity index (χ0v) is 16.7. The van der Waals surface area contributed by atoms with Crippen LogP contribution < -0.4 is 5.32 Å². The number of amides is 1. The Bertz CT molecular complexity index is 1260. The summed E-state index contributed by atoms with van der Waals surface area (Å²) in [5.41, 5.74) is -1.05. The van der Waals surface area contributed by atoms with Crippen molar-refractivity contribution in [3.63, 3.8) is 0 Å². The number of carbonyl (C=O) groups excluding carboxylic acids is 1. The molecule has 1 aromatic heterocycles. The van der Waals surface area contributed by atoms with Gasteiger partial charge in [0, 0.05) is 17.3 Å². The molecule has 0 unspecified atom stereocenters. The van der Waals surface area contributed by atoms with Gasteiger partial charge in [0.25, 0.3) is 5.91 Å². The number of aromatic carboxylic acids is 1. The number of carboxylic acids is 1. The predicted molar refractivity (Wildman–Crippen MR) is 110 cm³/mol. The Balaban J connectivity index is 1.80. The van der Waals surface area contributed by atoms with Gasteiger partial charge in [-0.25, -0.2) is 4.79 Å². The van der Waals surface area contributed by atoms with E-state index >= 15 is 0 Å². The summed E-state index contributed by atoms with van der Waals surface area (Å²) in [4.78, 5) is 23.3. The molecule has 1 heterocycles. The number of carboxylic acid groups (broad SMARTS) is 1. The van der Waals surface area contributed by atoms with Crippen molar-refractivity contribution in [2.45, 2.75) is 6.18 Å². The van der Waals surface area contributed by atoms with Gasteiger partial charge in [0.1, 0.15) is 23.2 Å². The van der Waals surface area contributed by atoms with Crippen LogP contribution in [0.2, 0.25) is 5.02 Å². The Hall–Kier alpha value is -4.03. The summed E-state index contributed by atoms with van der Waals surface area (Å²) >= 11 is 5.55. The lowest BCUT2D eigenvalue weighted by Crippen LogP contribution is -2.14. The fraction of sp³-hybridized carbons (Fsp3) is 0.0455. The zero-order chi connectivity index (χ0) is 23.5. The summed E-state index contributed by atoms with van der Waals surface area (Å²) in [6, 6.07) is 13.4. The van der Waals surface area contributed by atoms with E-state index in [1.807, 2.05) is 0 Å². The van der Waals surface area contributed by atoms with Crippen LogP contribution in [0.1, 0.15) is 21.7 Å². The number of furan rings is 1. The maximum atomic E-state index is 13.0. The van der Waals surface area contributed by atoms with Crippen LogP contribution in [-0.4, -0.2) is 17.0 Å². The van der Waals surface area contributed by atoms with Crippen molar-refractivity contribution >= 4 is 35.2 Å². The fourth-order valence-corrected chi connectivity index (χ4v) is 2.90. The quantitative estimate of drug-likeness (QED) is 0.366. The van der Waals surface area contributed by atoms with Gasteiger partial charge in [0.2, 0.25) is 0 Å². The standard InChI is InChI=1S/C22H12ClF3N2O4/c23-18-7-5-15(10-17(18)22(24,25)26)28-20(29)14(11-27)9-16-6-8-19(32-16)12-1-3-13(4-2-12)21(30)31/h1-10H,(H,28,29)(H,30,31). The lowest BCUT2D eigenvalue weighted by atomic mass is 10.1. The molecule has 2 aromatic carbocycles. The monoisotopic (exact) mass is 460 g/mol. The second-order valence-electron chi connectivity index (χ2n) is 6.40. The molecule has 0 aliphatic heterocycles. The molecule has 1 amide bonds. The molecule has 0 atom stereocenters. The molecular formula is C22H12ClF3N2O4. The Kier molecular flexibility index (Phi) is 6.37. The van der Waals surface area contributed by atoms with E-state index in [2.05, 4.69) is 5.32 Å². The minimum absolute atomic E-state index is 0.0970. The molecule has 2 N–H and O–H groups in total. The third-order valence-electron chi connectivity index (χ3n) is 4.22. The van der Waals surface area contributed by atoms with Crippen molar-refractivity contribution in [3.05, 3.63) is 82.1 Å². The molecule has 10 heteroatoms. The van der Waals surface area contributed by atoms with E-state index < -0.39 is 34.2 Å². The summed E-state index contributed by atoms with van der Waals surface area (Å²) in [5, 5.41) is 19.9. The summed E-state index contributed by atoms with van der Waals surface area (Å²) < 4.78 is 44.5. The number of alkyl halides is 3. The van der Waals surface area contributed by atoms with E-state index in [0.717, 1.165) is 12.1 Å². The second kappa shape index (κ2) is 8.99. The number of benzene rings is 2. The molecule has 0 saturated heterocycles. The molecule has 0 bridgehead atoms. The summed E-state index contributed by atoms with van der Waals surface area (Å²) in [7, 11) is 0. The average Bonchev–Trinajstić information content (AvgIpc) is 3.21. The molecule has 3 aromatic rings. The van der Waals surface area contributed by atoms with Crippen LogP contribution in [0.5, 0.6) is 0 Å². The highest BCUT2D eigenvalue weighted by Crippen LogP contribution is 2.36. The lowest BCUT2D eigenvalue weighted by molar-refractivity contribution is -0.137. The molecule has 0 saturated carbocycles. The lowest BCUT2D eigenvalue weighted by Gasteiger charge is -2.11. The van der Waals surface area contributed by atoms with E-state index in [-0.39, 0.29) is 17.0 Å². The fourth-order valence-electron chi connectivity index (χ4n) is 2.67. The first-order chi connectivity index (χ1) is 15.1. The molecular weight excluding hydrogens is 449 g/mol. The van der Waals surface area contributed by atoms with Crippen LogP contribution >= 0.6 is 11.6 Å². The third-order valence-corrected chi connectivity index (χ3v) is 4.55. The molecule has 0 radical (unpaired) electrons. The summed E-state index contributed by atoms with van der Waals surface area (Å²) in [6.07, 6.45) is -3.58. The van der Waals surface area contributed by atoms with Crippen molar-refractivity contribution in [3.8, 4) is 17.4 Å². The SMILES string of the molecule is N#CC(=Cc1ccc(-c2ccc(C(=O)O)cc2)o1)C(=O)Nc1ccc(Cl)c(C(F)(F)F)c1. The maximum Gasteiger partial charge on any atom is 0.417 e.